The molecule has 157 valence electrons. The van der Waals surface area contributed by atoms with Gasteiger partial charge in [-0.05, 0) is 6.42 Å². The molecule has 0 aromatic rings. The summed E-state index contributed by atoms with van der Waals surface area (Å²) in [6.45, 7) is 2.22. The van der Waals surface area contributed by atoms with Crippen molar-refractivity contribution in [2.24, 2.45) is 5.73 Å². The monoisotopic (exact) mass is 430 g/mol. The predicted molar refractivity (Wildman–Crippen MR) is 114 cm³/mol. The topological polar surface area (TPSA) is 86.5 Å². The Morgan fingerprint density at radius 3 is 1.48 bits per heavy atom. The van der Waals surface area contributed by atoms with Gasteiger partial charge in [0.05, 0.1) is 5.75 Å². The Kier molecular flexibility index (Phi) is 24.3. The summed E-state index contributed by atoms with van der Waals surface area (Å²) in [4.78, 5) is 11.4. The zero-order valence-corrected chi connectivity index (χ0v) is 21.8. The molecule has 0 amide bonds. The zero-order chi connectivity index (χ0) is 19.5. The molecule has 5 nitrogen and oxygen atoms in total. The van der Waals surface area contributed by atoms with Gasteiger partial charge in [0.2, 0.25) is 0 Å². The van der Waals surface area contributed by atoms with Crippen LogP contribution in [0.3, 0.4) is 0 Å². The van der Waals surface area contributed by atoms with E-state index in [-0.39, 0.29) is 70.1 Å². The van der Waals surface area contributed by atoms with E-state index in [2.05, 4.69) is 11.1 Å². The van der Waals surface area contributed by atoms with Gasteiger partial charge in [-0.3, -0.25) is 4.79 Å². The van der Waals surface area contributed by atoms with Crippen molar-refractivity contribution in [3.63, 3.8) is 0 Å². The molecule has 0 fully saturated rings. The number of carbonyl (C=O) groups excluding carboxylic acids is 1. The molecule has 0 rings (SSSR count). The molecule has 0 unspecified atom stereocenters. The van der Waals surface area contributed by atoms with Crippen LogP contribution in [0, 0.1) is 0 Å². The maximum Gasteiger partial charge on any atom is 0.322 e. The van der Waals surface area contributed by atoms with E-state index in [0.29, 0.717) is 6.42 Å². The molecular formula is C20H41KNO4S. The molecule has 0 spiro atoms. The summed E-state index contributed by atoms with van der Waals surface area (Å²) in [5.74, 6) is -0.967. The fourth-order valence-electron chi connectivity index (χ4n) is 3.01. The fraction of sp³-hybridized carbons (Fsp3) is 0.950. The van der Waals surface area contributed by atoms with Gasteiger partial charge in [0.15, 0.2) is 0 Å². The first-order valence-corrected chi connectivity index (χ1v) is 12.2. The standard InChI is InChI=1S/C20H41NO4S.K/c1-2-3-4-5-6-7-8-9-10-11-12-13-14-15-16-17-20(22)25-26(23,24)19-18-21;/h2-19,21H2,1H3;. The second kappa shape index (κ2) is 21.7. The van der Waals surface area contributed by atoms with Gasteiger partial charge in [-0.25, -0.2) is 0 Å². The Hall–Kier alpha value is 1.02. The average molecular weight is 431 g/mol. The summed E-state index contributed by atoms with van der Waals surface area (Å²) in [6.07, 6.45) is 19.0. The Labute approximate surface area is 210 Å². The van der Waals surface area contributed by atoms with Crippen molar-refractivity contribution in [2.45, 2.75) is 110 Å². The third-order valence-electron chi connectivity index (χ3n) is 4.57. The smallest absolute Gasteiger partial charge is 0.322 e. The van der Waals surface area contributed by atoms with E-state index < -0.39 is 16.1 Å². The average Bonchev–Trinajstić information content (AvgIpc) is 2.57. The van der Waals surface area contributed by atoms with Crippen molar-refractivity contribution >= 4 is 67.5 Å². The Bertz CT molecular complexity index is 430. The van der Waals surface area contributed by atoms with Crippen LogP contribution in [0.2, 0.25) is 0 Å². The maximum atomic E-state index is 11.4. The summed E-state index contributed by atoms with van der Waals surface area (Å²) >= 11 is 0. The van der Waals surface area contributed by atoms with Gasteiger partial charge in [0.25, 0.3) is 0 Å². The van der Waals surface area contributed by atoms with Crippen LogP contribution in [0.25, 0.3) is 0 Å². The predicted octanol–water partition coefficient (Wildman–Crippen LogP) is 4.70. The first-order chi connectivity index (χ1) is 12.5. The number of nitrogens with two attached hydrogens (primary N) is 1. The van der Waals surface area contributed by atoms with Crippen LogP contribution in [0.15, 0.2) is 0 Å². The van der Waals surface area contributed by atoms with E-state index in [0.717, 1.165) is 12.8 Å². The molecule has 0 aliphatic carbocycles. The summed E-state index contributed by atoms with van der Waals surface area (Å²) in [7, 11) is -3.78. The number of hydrogen-bond acceptors (Lipinski definition) is 5. The van der Waals surface area contributed by atoms with Crippen LogP contribution < -0.4 is 5.73 Å². The van der Waals surface area contributed by atoms with Crippen LogP contribution in [-0.2, 0) is 19.1 Å². The maximum absolute atomic E-state index is 11.4. The van der Waals surface area contributed by atoms with Gasteiger partial charge in [0.1, 0.15) is 0 Å². The van der Waals surface area contributed by atoms with Gasteiger partial charge in [-0.1, -0.05) is 96.8 Å². The number of carbonyl (C=O) groups is 1. The molecule has 0 aromatic carbocycles. The molecule has 0 saturated heterocycles. The Morgan fingerprint density at radius 2 is 1.11 bits per heavy atom. The van der Waals surface area contributed by atoms with Gasteiger partial charge in [-0.2, -0.15) is 8.42 Å². The van der Waals surface area contributed by atoms with Crippen LogP contribution in [0.4, 0.5) is 0 Å². The van der Waals surface area contributed by atoms with Gasteiger partial charge < -0.3 is 9.92 Å². The third kappa shape index (κ3) is 23.2. The van der Waals surface area contributed by atoms with E-state index in [1.54, 1.807) is 0 Å². The van der Waals surface area contributed by atoms with E-state index in [1.165, 1.54) is 77.0 Å². The number of hydrogen-bond donors (Lipinski definition) is 1. The summed E-state index contributed by atoms with van der Waals surface area (Å²) in [5, 5.41) is 0. The zero-order valence-electron chi connectivity index (χ0n) is 17.8. The molecule has 7 heteroatoms. The van der Waals surface area contributed by atoms with E-state index >= 15 is 0 Å². The summed E-state index contributed by atoms with van der Waals surface area (Å²) in [5.41, 5.74) is 5.16. The quantitative estimate of drug-likeness (QED) is 0.182. The van der Waals surface area contributed by atoms with Crippen LogP contribution in [-0.4, -0.2) is 78.1 Å². The largest absolute Gasteiger partial charge is 0.346 e. The second-order valence-corrected chi connectivity index (χ2v) is 8.90. The van der Waals surface area contributed by atoms with Gasteiger partial charge in [-0.15, -0.1) is 0 Å². The van der Waals surface area contributed by atoms with Crippen molar-refractivity contribution < 1.29 is 17.4 Å². The molecule has 0 aliphatic heterocycles. The van der Waals surface area contributed by atoms with E-state index in [9.17, 15) is 13.2 Å². The Balaban J connectivity index is 0. The molecule has 27 heavy (non-hydrogen) atoms. The van der Waals surface area contributed by atoms with Gasteiger partial charge in [0, 0.05) is 64.4 Å². The molecule has 1 radical (unpaired) electrons. The normalized spacial score (nSPS) is 11.2. The van der Waals surface area contributed by atoms with Crippen LogP contribution >= 0.6 is 0 Å². The molecule has 0 saturated carbocycles. The minimum atomic E-state index is -3.78. The van der Waals surface area contributed by atoms with Crippen molar-refractivity contribution in [2.75, 3.05) is 12.3 Å². The van der Waals surface area contributed by atoms with E-state index in [1.807, 2.05) is 0 Å². The molecule has 0 atom stereocenters. The van der Waals surface area contributed by atoms with Crippen molar-refractivity contribution in [3.05, 3.63) is 0 Å². The van der Waals surface area contributed by atoms with Crippen LogP contribution in [0.1, 0.15) is 110 Å². The molecule has 0 heterocycles. The fourth-order valence-corrected chi connectivity index (χ4v) is 3.75. The molecule has 0 bridgehead atoms. The van der Waals surface area contributed by atoms with E-state index in [4.69, 9.17) is 5.73 Å². The van der Waals surface area contributed by atoms with Crippen LogP contribution in [0.5, 0.6) is 0 Å². The Morgan fingerprint density at radius 1 is 0.741 bits per heavy atom. The van der Waals surface area contributed by atoms with Crippen molar-refractivity contribution in [1.29, 1.82) is 0 Å². The molecule has 2 N–H and O–H groups in total. The molecule has 0 aliphatic rings. The summed E-state index contributed by atoms with van der Waals surface area (Å²) < 4.78 is 27.0. The van der Waals surface area contributed by atoms with Gasteiger partial charge >= 0.3 is 16.1 Å². The number of unbranched alkanes of at least 4 members (excludes halogenated alkanes) is 14. The minimum Gasteiger partial charge on any atom is -0.346 e. The third-order valence-corrected chi connectivity index (χ3v) is 5.75. The minimum absolute atomic E-state index is 0. The first-order valence-electron chi connectivity index (χ1n) is 10.7. The number of rotatable bonds is 19. The summed E-state index contributed by atoms with van der Waals surface area (Å²) in [6, 6.07) is 0. The molecular weight excluding hydrogens is 389 g/mol. The second-order valence-electron chi connectivity index (χ2n) is 7.21. The SMILES string of the molecule is CCCCCCCCCCCCCCCCCC(=O)OS(=O)(=O)CCN.[K]. The first kappa shape index (κ1) is 30.2. The van der Waals surface area contributed by atoms with Crippen molar-refractivity contribution in [3.8, 4) is 0 Å². The molecule has 0 aromatic heterocycles. The van der Waals surface area contributed by atoms with Crippen molar-refractivity contribution in [1.82, 2.24) is 0 Å².